The fraction of sp³-hybridized carbons (Fsp3) is 0.733. The van der Waals surface area contributed by atoms with Crippen LogP contribution in [-0.4, -0.2) is 77.6 Å². The van der Waals surface area contributed by atoms with Crippen LogP contribution in [0, 0.1) is 0 Å². The number of phosphoric ester groups is 1. The van der Waals surface area contributed by atoms with Crippen molar-refractivity contribution in [2.24, 2.45) is 0 Å². The van der Waals surface area contributed by atoms with E-state index in [9.17, 15) is 28.5 Å². The number of rotatable bonds is 11. The summed E-state index contributed by atoms with van der Waals surface area (Å²) in [4.78, 5) is 52.9. The Morgan fingerprint density at radius 1 is 1.11 bits per heavy atom. The van der Waals surface area contributed by atoms with Crippen LogP contribution < -0.4 is 11.4 Å². The van der Waals surface area contributed by atoms with Crippen molar-refractivity contribution in [3.8, 4) is 0 Å². The molecule has 1 aromatic rings. The zero-order chi connectivity index (χ0) is 27.0. The summed E-state index contributed by atoms with van der Waals surface area (Å²) in [7, 11) is -16.5. The van der Waals surface area contributed by atoms with E-state index >= 15 is 0 Å². The Kier molecular flexibility index (Phi) is 12.3. The lowest BCUT2D eigenvalue weighted by Gasteiger charge is -2.19. The standard InChI is InChI=1S/C9H16N3O13P3.C6H15N/c10-7-1-2-12(9(14)11-7)8-3-5(13)6(23-8)4-22-27(18,19)25-28(20,21)24-26(15,16)17;1-4-7(5-2)6-3/h1-2,5-6,8,13H,3-4H2,(H,18,19)(H,20,21)(H2,10,11,14)(H2,15,16,17);4-6H2,1-3H3/t5-,6+,8+;/m0./s1. The van der Waals surface area contributed by atoms with Gasteiger partial charge in [-0.05, 0) is 25.7 Å². The van der Waals surface area contributed by atoms with Crippen molar-refractivity contribution in [3.05, 3.63) is 22.7 Å². The summed E-state index contributed by atoms with van der Waals surface area (Å²) in [6.45, 7) is 9.28. The normalized spacial score (nSPS) is 23.9. The van der Waals surface area contributed by atoms with Crippen LogP contribution in [0.4, 0.5) is 5.82 Å². The second kappa shape index (κ2) is 13.5. The average molecular weight is 568 g/mol. The van der Waals surface area contributed by atoms with E-state index in [2.05, 4.69) is 43.8 Å². The van der Waals surface area contributed by atoms with Crippen molar-refractivity contribution in [1.82, 2.24) is 14.5 Å². The van der Waals surface area contributed by atoms with Crippen LogP contribution in [0.2, 0.25) is 0 Å². The first-order valence-corrected chi connectivity index (χ1v) is 14.7. The molecule has 2 unspecified atom stereocenters. The number of hydrogen-bond acceptors (Lipinski definition) is 12. The van der Waals surface area contributed by atoms with Gasteiger partial charge < -0.3 is 40.1 Å². The van der Waals surface area contributed by atoms with Gasteiger partial charge in [-0.3, -0.25) is 9.09 Å². The quantitative estimate of drug-likeness (QED) is 0.194. The van der Waals surface area contributed by atoms with Crippen LogP contribution in [0.25, 0.3) is 0 Å². The van der Waals surface area contributed by atoms with Crippen molar-refractivity contribution in [3.63, 3.8) is 0 Å². The highest BCUT2D eigenvalue weighted by molar-refractivity contribution is 7.66. The lowest BCUT2D eigenvalue weighted by molar-refractivity contribution is -0.0449. The summed E-state index contributed by atoms with van der Waals surface area (Å²) in [5.41, 5.74) is 4.58. The number of nitrogen functional groups attached to an aromatic ring is 1. The molecular formula is C15H31N4O13P3. The summed E-state index contributed by atoms with van der Waals surface area (Å²) in [6, 6.07) is 1.30. The van der Waals surface area contributed by atoms with Crippen molar-refractivity contribution >= 4 is 29.3 Å². The molecule has 35 heavy (non-hydrogen) atoms. The first kappa shape index (κ1) is 32.0. The lowest BCUT2D eigenvalue weighted by atomic mass is 10.2. The Bertz CT molecular complexity index is 1010. The molecule has 1 fully saturated rings. The molecule has 2 heterocycles. The molecule has 5 atom stereocenters. The third-order valence-electron chi connectivity index (χ3n) is 4.53. The number of ether oxygens (including phenoxy) is 1. The number of nitrogens with two attached hydrogens (primary N) is 1. The van der Waals surface area contributed by atoms with Crippen LogP contribution >= 0.6 is 23.5 Å². The minimum Gasteiger partial charge on any atom is -0.390 e. The molecule has 1 aliphatic rings. The van der Waals surface area contributed by atoms with E-state index in [4.69, 9.17) is 25.2 Å². The predicted octanol–water partition coefficient (Wildman–Crippen LogP) is 0.165. The first-order valence-electron chi connectivity index (χ1n) is 10.2. The maximum atomic E-state index is 11.8. The van der Waals surface area contributed by atoms with Gasteiger partial charge in [0.15, 0.2) is 0 Å². The van der Waals surface area contributed by atoms with E-state index < -0.39 is 54.2 Å². The van der Waals surface area contributed by atoms with E-state index in [1.807, 2.05) is 0 Å². The van der Waals surface area contributed by atoms with Crippen molar-refractivity contribution in [2.75, 3.05) is 32.0 Å². The van der Waals surface area contributed by atoms with Gasteiger partial charge in [0, 0.05) is 12.6 Å². The van der Waals surface area contributed by atoms with Gasteiger partial charge in [0.1, 0.15) is 18.1 Å². The molecule has 0 spiro atoms. The molecule has 7 N–H and O–H groups in total. The maximum Gasteiger partial charge on any atom is 0.490 e. The van der Waals surface area contributed by atoms with Crippen molar-refractivity contribution in [2.45, 2.75) is 45.6 Å². The molecule has 2 rings (SSSR count). The Hall–Kier alpha value is -1.03. The minimum atomic E-state index is -5.65. The van der Waals surface area contributed by atoms with Crippen LogP contribution in [-0.2, 0) is 31.6 Å². The molecule has 1 saturated heterocycles. The molecule has 204 valence electrons. The van der Waals surface area contributed by atoms with E-state index in [0.717, 1.165) is 4.57 Å². The molecule has 20 heteroatoms. The molecule has 0 amide bonds. The largest absolute Gasteiger partial charge is 0.490 e. The molecular weight excluding hydrogens is 537 g/mol. The topological polar surface area (TPSA) is 253 Å². The zero-order valence-electron chi connectivity index (χ0n) is 19.2. The summed E-state index contributed by atoms with van der Waals surface area (Å²) in [5, 5.41) is 9.94. The van der Waals surface area contributed by atoms with E-state index in [0.29, 0.717) is 0 Å². The van der Waals surface area contributed by atoms with Gasteiger partial charge in [-0.25, -0.2) is 18.5 Å². The molecule has 0 aliphatic carbocycles. The van der Waals surface area contributed by atoms with Gasteiger partial charge in [0.05, 0.1) is 12.7 Å². The third-order valence-corrected chi connectivity index (χ3v) is 8.33. The molecule has 1 aliphatic heterocycles. The maximum absolute atomic E-state index is 11.8. The van der Waals surface area contributed by atoms with Crippen molar-refractivity contribution in [1.29, 1.82) is 0 Å². The van der Waals surface area contributed by atoms with Crippen LogP contribution in [0.3, 0.4) is 0 Å². The van der Waals surface area contributed by atoms with E-state index in [1.54, 1.807) is 0 Å². The molecule has 0 saturated carbocycles. The number of anilines is 1. The molecule has 0 radical (unpaired) electrons. The smallest absolute Gasteiger partial charge is 0.390 e. The second-order valence-corrected chi connectivity index (χ2v) is 11.4. The summed E-state index contributed by atoms with van der Waals surface area (Å²) >= 11 is 0. The third kappa shape index (κ3) is 11.7. The number of aliphatic hydroxyl groups is 1. The second-order valence-electron chi connectivity index (χ2n) is 6.98. The Balaban J connectivity index is 0.000000762. The van der Waals surface area contributed by atoms with Gasteiger partial charge >= 0.3 is 29.2 Å². The summed E-state index contributed by atoms with van der Waals surface area (Å²) in [6.07, 6.45) is -2.42. The fourth-order valence-electron chi connectivity index (χ4n) is 2.82. The number of aliphatic hydroxyl groups excluding tert-OH is 1. The van der Waals surface area contributed by atoms with E-state index in [1.165, 1.54) is 31.9 Å². The number of hydrogen-bond donors (Lipinski definition) is 6. The minimum absolute atomic E-state index is 0.0380. The van der Waals surface area contributed by atoms with Gasteiger partial charge in [0.2, 0.25) is 0 Å². The van der Waals surface area contributed by atoms with Gasteiger partial charge in [-0.15, -0.1) is 0 Å². The molecule has 17 nitrogen and oxygen atoms in total. The number of phosphoric acid groups is 3. The summed E-state index contributed by atoms with van der Waals surface area (Å²) in [5.74, 6) is -0.0380. The average Bonchev–Trinajstić information content (AvgIpc) is 3.06. The fourth-order valence-corrected chi connectivity index (χ4v) is 5.85. The predicted molar refractivity (Wildman–Crippen MR) is 121 cm³/mol. The van der Waals surface area contributed by atoms with Crippen LogP contribution in [0.15, 0.2) is 17.1 Å². The number of aromatic nitrogens is 2. The van der Waals surface area contributed by atoms with Crippen LogP contribution in [0.5, 0.6) is 0 Å². The van der Waals surface area contributed by atoms with Crippen molar-refractivity contribution < 1.29 is 56.3 Å². The first-order chi connectivity index (χ1) is 16.0. The Morgan fingerprint density at radius 3 is 2.14 bits per heavy atom. The highest BCUT2D eigenvalue weighted by Crippen LogP contribution is 2.66. The van der Waals surface area contributed by atoms with Crippen LogP contribution in [0.1, 0.15) is 33.4 Å². The highest BCUT2D eigenvalue weighted by Gasteiger charge is 2.42. The van der Waals surface area contributed by atoms with Gasteiger partial charge in [-0.1, -0.05) is 20.8 Å². The molecule has 1 aromatic heterocycles. The SMILES string of the molecule is CCN(CC)CC.Nc1ccn([C@H]2C[C@H](O)[C@@H](COP(=O)(O)OP(=O)(O)OP(=O)(O)O)O2)c(=O)n1. The van der Waals surface area contributed by atoms with Gasteiger partial charge in [0.25, 0.3) is 0 Å². The lowest BCUT2D eigenvalue weighted by Crippen LogP contribution is -2.28. The highest BCUT2D eigenvalue weighted by atomic mass is 31.3. The monoisotopic (exact) mass is 568 g/mol. The zero-order valence-corrected chi connectivity index (χ0v) is 21.9. The Labute approximate surface area is 200 Å². The van der Waals surface area contributed by atoms with E-state index in [-0.39, 0.29) is 12.2 Å². The van der Waals surface area contributed by atoms with Gasteiger partial charge in [-0.2, -0.15) is 13.6 Å². The molecule has 0 bridgehead atoms. The Morgan fingerprint density at radius 2 is 1.69 bits per heavy atom. The number of nitrogens with zero attached hydrogens (tertiary/aromatic N) is 3. The molecule has 0 aromatic carbocycles. The summed E-state index contributed by atoms with van der Waals surface area (Å²) < 4.78 is 51.2.